The lowest BCUT2D eigenvalue weighted by atomic mass is 9.84. The first kappa shape index (κ1) is 16.2. The van der Waals surface area contributed by atoms with Crippen molar-refractivity contribution in [2.45, 2.75) is 57.6 Å². The van der Waals surface area contributed by atoms with Crippen molar-refractivity contribution >= 4 is 0 Å². The van der Waals surface area contributed by atoms with Crippen LogP contribution in [0.1, 0.15) is 46.0 Å². The highest BCUT2D eigenvalue weighted by Gasteiger charge is 2.38. The van der Waals surface area contributed by atoms with Gasteiger partial charge in [0, 0.05) is 39.0 Å². The minimum Gasteiger partial charge on any atom is -0.381 e. The van der Waals surface area contributed by atoms with E-state index in [0.29, 0.717) is 6.04 Å². The van der Waals surface area contributed by atoms with Gasteiger partial charge >= 0.3 is 0 Å². The molecule has 1 atom stereocenters. The Morgan fingerprint density at radius 1 is 1.20 bits per heavy atom. The van der Waals surface area contributed by atoms with E-state index in [2.05, 4.69) is 19.2 Å². The third-order valence-electron chi connectivity index (χ3n) is 4.42. The summed E-state index contributed by atoms with van der Waals surface area (Å²) in [6.45, 7) is 9.71. The average Bonchev–Trinajstić information content (AvgIpc) is 2.43. The molecule has 0 amide bonds. The summed E-state index contributed by atoms with van der Waals surface area (Å²) in [6.07, 6.45) is 5.50. The first-order chi connectivity index (χ1) is 9.70. The lowest BCUT2D eigenvalue weighted by Crippen LogP contribution is -2.50. The lowest BCUT2D eigenvalue weighted by Gasteiger charge is -2.43. The summed E-state index contributed by atoms with van der Waals surface area (Å²) in [6, 6.07) is 0.579. The molecular weight excluding hydrogens is 254 g/mol. The number of nitrogens with one attached hydrogen (secondary N) is 1. The van der Waals surface area contributed by atoms with Gasteiger partial charge < -0.3 is 19.5 Å². The molecule has 0 bridgehead atoms. The molecule has 2 aliphatic heterocycles. The SMILES string of the molecule is CC(C)CCOCCNC1CCOC2(CCOCC2)C1. The largest absolute Gasteiger partial charge is 0.381 e. The minimum absolute atomic E-state index is 0.0899. The maximum Gasteiger partial charge on any atom is 0.0741 e. The molecule has 2 heterocycles. The Bertz CT molecular complexity index is 259. The van der Waals surface area contributed by atoms with Gasteiger partial charge in [0.2, 0.25) is 0 Å². The summed E-state index contributed by atoms with van der Waals surface area (Å²) in [4.78, 5) is 0. The van der Waals surface area contributed by atoms with Crippen molar-refractivity contribution in [3.8, 4) is 0 Å². The smallest absolute Gasteiger partial charge is 0.0741 e. The molecule has 0 aromatic heterocycles. The lowest BCUT2D eigenvalue weighted by molar-refractivity contribution is -0.140. The van der Waals surface area contributed by atoms with Crippen LogP contribution in [0.5, 0.6) is 0 Å². The zero-order valence-electron chi connectivity index (χ0n) is 13.2. The van der Waals surface area contributed by atoms with E-state index in [1.807, 2.05) is 0 Å². The van der Waals surface area contributed by atoms with Crippen molar-refractivity contribution in [1.29, 1.82) is 0 Å². The van der Waals surface area contributed by atoms with Gasteiger partial charge in [-0.05, 0) is 38.0 Å². The Morgan fingerprint density at radius 3 is 2.75 bits per heavy atom. The van der Waals surface area contributed by atoms with Gasteiger partial charge in [0.15, 0.2) is 0 Å². The van der Waals surface area contributed by atoms with Crippen molar-refractivity contribution in [3.63, 3.8) is 0 Å². The summed E-state index contributed by atoms with van der Waals surface area (Å²) < 4.78 is 17.2. The van der Waals surface area contributed by atoms with E-state index < -0.39 is 0 Å². The summed E-state index contributed by atoms with van der Waals surface area (Å²) >= 11 is 0. The van der Waals surface area contributed by atoms with Crippen molar-refractivity contribution in [2.75, 3.05) is 39.6 Å². The zero-order valence-corrected chi connectivity index (χ0v) is 13.2. The van der Waals surface area contributed by atoms with Crippen LogP contribution in [0.15, 0.2) is 0 Å². The second-order valence-electron chi connectivity index (χ2n) is 6.58. The molecule has 118 valence electrons. The quantitative estimate of drug-likeness (QED) is 0.729. The van der Waals surface area contributed by atoms with Gasteiger partial charge in [0.25, 0.3) is 0 Å². The van der Waals surface area contributed by atoms with Gasteiger partial charge in [0.05, 0.1) is 12.2 Å². The van der Waals surface area contributed by atoms with Crippen LogP contribution in [0.4, 0.5) is 0 Å². The molecule has 2 rings (SSSR count). The third kappa shape index (κ3) is 5.32. The summed E-state index contributed by atoms with van der Waals surface area (Å²) in [7, 11) is 0. The minimum atomic E-state index is 0.0899. The highest BCUT2D eigenvalue weighted by Crippen LogP contribution is 2.34. The number of hydrogen-bond donors (Lipinski definition) is 1. The van der Waals surface area contributed by atoms with Gasteiger partial charge in [-0.3, -0.25) is 0 Å². The maximum atomic E-state index is 6.06. The van der Waals surface area contributed by atoms with Gasteiger partial charge in [-0.25, -0.2) is 0 Å². The molecule has 2 saturated heterocycles. The molecule has 2 fully saturated rings. The molecule has 4 nitrogen and oxygen atoms in total. The predicted octanol–water partition coefficient (Wildman–Crippen LogP) is 2.37. The molecule has 0 saturated carbocycles. The Balaban J connectivity index is 1.58. The first-order valence-corrected chi connectivity index (χ1v) is 8.23. The van der Waals surface area contributed by atoms with E-state index in [1.54, 1.807) is 0 Å². The zero-order chi connectivity index (χ0) is 14.3. The summed E-state index contributed by atoms with van der Waals surface area (Å²) in [5, 5.41) is 3.64. The highest BCUT2D eigenvalue weighted by molar-refractivity contribution is 4.91. The molecule has 0 aliphatic carbocycles. The van der Waals surface area contributed by atoms with E-state index in [1.165, 1.54) is 0 Å². The van der Waals surface area contributed by atoms with Crippen LogP contribution in [-0.2, 0) is 14.2 Å². The first-order valence-electron chi connectivity index (χ1n) is 8.23. The van der Waals surface area contributed by atoms with Crippen molar-refractivity contribution in [1.82, 2.24) is 5.32 Å². The van der Waals surface area contributed by atoms with Crippen LogP contribution >= 0.6 is 0 Å². The van der Waals surface area contributed by atoms with Gasteiger partial charge in [0.1, 0.15) is 0 Å². The van der Waals surface area contributed by atoms with Gasteiger partial charge in [-0.1, -0.05) is 13.8 Å². The van der Waals surface area contributed by atoms with E-state index >= 15 is 0 Å². The Labute approximate surface area is 123 Å². The third-order valence-corrected chi connectivity index (χ3v) is 4.42. The molecule has 4 heteroatoms. The van der Waals surface area contributed by atoms with Crippen molar-refractivity contribution < 1.29 is 14.2 Å². The maximum absolute atomic E-state index is 6.06. The van der Waals surface area contributed by atoms with E-state index in [9.17, 15) is 0 Å². The Kier molecular flexibility index (Phi) is 6.75. The molecule has 1 unspecified atom stereocenters. The van der Waals surface area contributed by atoms with Crippen LogP contribution in [-0.4, -0.2) is 51.2 Å². The fourth-order valence-corrected chi connectivity index (χ4v) is 3.05. The van der Waals surface area contributed by atoms with E-state index in [-0.39, 0.29) is 5.60 Å². The summed E-state index contributed by atoms with van der Waals surface area (Å²) in [5.74, 6) is 0.729. The van der Waals surface area contributed by atoms with Crippen LogP contribution in [0.2, 0.25) is 0 Å². The monoisotopic (exact) mass is 285 g/mol. The van der Waals surface area contributed by atoms with Gasteiger partial charge in [-0.2, -0.15) is 0 Å². The molecule has 0 aromatic rings. The van der Waals surface area contributed by atoms with Crippen molar-refractivity contribution in [2.24, 2.45) is 5.92 Å². The molecule has 0 radical (unpaired) electrons. The molecule has 2 aliphatic rings. The standard InChI is InChI=1S/C16H31NO3/c1-14(2)3-8-18-12-7-17-15-4-9-20-16(13-15)5-10-19-11-6-16/h14-15,17H,3-13H2,1-2H3. The Morgan fingerprint density at radius 2 is 2.00 bits per heavy atom. The predicted molar refractivity (Wildman–Crippen MR) is 80.0 cm³/mol. The molecule has 1 spiro atoms. The second kappa shape index (κ2) is 8.32. The van der Waals surface area contributed by atoms with E-state index in [4.69, 9.17) is 14.2 Å². The Hall–Kier alpha value is -0.160. The van der Waals surface area contributed by atoms with Crippen LogP contribution in [0.25, 0.3) is 0 Å². The number of rotatable bonds is 7. The fourth-order valence-electron chi connectivity index (χ4n) is 3.05. The van der Waals surface area contributed by atoms with Crippen LogP contribution in [0.3, 0.4) is 0 Å². The summed E-state index contributed by atoms with van der Waals surface area (Å²) in [5.41, 5.74) is 0.0899. The molecule has 1 N–H and O–H groups in total. The highest BCUT2D eigenvalue weighted by atomic mass is 16.5. The van der Waals surface area contributed by atoms with Crippen LogP contribution < -0.4 is 5.32 Å². The molecule has 0 aromatic carbocycles. The number of ether oxygens (including phenoxy) is 3. The van der Waals surface area contributed by atoms with Gasteiger partial charge in [-0.15, -0.1) is 0 Å². The average molecular weight is 285 g/mol. The van der Waals surface area contributed by atoms with E-state index in [0.717, 1.165) is 77.6 Å². The van der Waals surface area contributed by atoms with Crippen molar-refractivity contribution in [3.05, 3.63) is 0 Å². The molecular formula is C16H31NO3. The fraction of sp³-hybridized carbons (Fsp3) is 1.00. The van der Waals surface area contributed by atoms with Crippen LogP contribution in [0, 0.1) is 5.92 Å². The normalized spacial score (nSPS) is 26.2. The molecule has 20 heavy (non-hydrogen) atoms. The topological polar surface area (TPSA) is 39.7 Å². The number of hydrogen-bond acceptors (Lipinski definition) is 4. The second-order valence-corrected chi connectivity index (χ2v) is 6.58.